The summed E-state index contributed by atoms with van der Waals surface area (Å²) in [6, 6.07) is 13.3. The lowest BCUT2D eigenvalue weighted by Gasteiger charge is -2.28. The third kappa shape index (κ3) is 5.55. The summed E-state index contributed by atoms with van der Waals surface area (Å²) in [7, 11) is 0. The highest BCUT2D eigenvalue weighted by Gasteiger charge is 2.11. The molecule has 1 aliphatic rings. The lowest BCUT2D eigenvalue weighted by atomic mass is 10.2. The van der Waals surface area contributed by atoms with Crippen molar-refractivity contribution in [1.82, 2.24) is 0 Å². The summed E-state index contributed by atoms with van der Waals surface area (Å²) >= 11 is 13.5. The van der Waals surface area contributed by atoms with Crippen LogP contribution in [0.3, 0.4) is 0 Å². The van der Waals surface area contributed by atoms with Gasteiger partial charge in [-0.05, 0) is 42.0 Å². The number of nitrogens with zero attached hydrogens (tertiary/aromatic N) is 1. The van der Waals surface area contributed by atoms with Crippen molar-refractivity contribution >= 4 is 52.2 Å². The van der Waals surface area contributed by atoms with Crippen molar-refractivity contribution in [2.45, 2.75) is 5.75 Å². The van der Waals surface area contributed by atoms with Crippen LogP contribution >= 0.6 is 35.0 Å². The molecule has 0 atom stereocenters. The Morgan fingerprint density at radius 2 is 1.85 bits per heavy atom. The molecular formula is C19H20Cl2N2O2S. The van der Waals surface area contributed by atoms with Gasteiger partial charge >= 0.3 is 0 Å². The van der Waals surface area contributed by atoms with E-state index in [0.717, 1.165) is 43.2 Å². The molecule has 7 heteroatoms. The highest BCUT2D eigenvalue weighted by Crippen LogP contribution is 2.25. The van der Waals surface area contributed by atoms with E-state index in [0.29, 0.717) is 21.6 Å². The van der Waals surface area contributed by atoms with Crippen molar-refractivity contribution in [3.8, 4) is 0 Å². The molecule has 0 saturated carbocycles. The van der Waals surface area contributed by atoms with Crippen molar-refractivity contribution in [2.75, 3.05) is 42.3 Å². The Morgan fingerprint density at radius 1 is 1.12 bits per heavy atom. The highest BCUT2D eigenvalue weighted by atomic mass is 35.5. The average Bonchev–Trinajstić information content (AvgIpc) is 2.65. The molecule has 138 valence electrons. The van der Waals surface area contributed by atoms with Crippen LogP contribution in [-0.4, -0.2) is 38.0 Å². The standard InChI is InChI=1S/C19H20Cl2N2O2S/c20-15-2-1-14(18(21)11-15)12-26-13-19(24)22-16-3-5-17(6-4-16)23-7-9-25-10-8-23/h1-6,11H,7-10,12-13H2,(H,22,24). The molecule has 0 radical (unpaired) electrons. The Bertz CT molecular complexity index is 750. The van der Waals surface area contributed by atoms with Crippen molar-refractivity contribution in [2.24, 2.45) is 0 Å². The fourth-order valence-electron chi connectivity index (χ4n) is 2.67. The monoisotopic (exact) mass is 410 g/mol. The second-order valence-corrected chi connectivity index (χ2v) is 7.75. The number of ether oxygens (including phenoxy) is 1. The minimum Gasteiger partial charge on any atom is -0.378 e. The summed E-state index contributed by atoms with van der Waals surface area (Å²) in [6.07, 6.45) is 0. The van der Waals surface area contributed by atoms with Crippen LogP contribution in [-0.2, 0) is 15.3 Å². The van der Waals surface area contributed by atoms with E-state index in [2.05, 4.69) is 10.2 Å². The zero-order chi connectivity index (χ0) is 18.4. The third-order valence-corrected chi connectivity index (χ3v) is 5.60. The number of hydrogen-bond donors (Lipinski definition) is 1. The minimum atomic E-state index is -0.0285. The van der Waals surface area contributed by atoms with Crippen LogP contribution in [0.25, 0.3) is 0 Å². The SMILES string of the molecule is O=C(CSCc1ccc(Cl)cc1Cl)Nc1ccc(N2CCOCC2)cc1. The lowest BCUT2D eigenvalue weighted by molar-refractivity contribution is -0.113. The number of rotatable bonds is 6. The van der Waals surface area contributed by atoms with Crippen LogP contribution in [0.4, 0.5) is 11.4 Å². The molecule has 4 nitrogen and oxygen atoms in total. The molecular weight excluding hydrogens is 391 g/mol. The van der Waals surface area contributed by atoms with Gasteiger partial charge in [-0.2, -0.15) is 0 Å². The predicted molar refractivity (Wildman–Crippen MR) is 111 cm³/mol. The summed E-state index contributed by atoms with van der Waals surface area (Å²) in [5, 5.41) is 4.17. The Hall–Kier alpha value is -1.40. The van der Waals surface area contributed by atoms with Gasteiger partial charge in [-0.3, -0.25) is 4.79 Å². The van der Waals surface area contributed by atoms with Crippen molar-refractivity contribution < 1.29 is 9.53 Å². The largest absolute Gasteiger partial charge is 0.378 e. The number of carbonyl (C=O) groups is 1. The number of anilines is 2. The number of benzene rings is 2. The number of nitrogens with one attached hydrogen (secondary N) is 1. The van der Waals surface area contributed by atoms with E-state index in [4.69, 9.17) is 27.9 Å². The number of amides is 1. The van der Waals surface area contributed by atoms with Gasteiger partial charge in [0.25, 0.3) is 0 Å². The van der Waals surface area contributed by atoms with E-state index in [1.54, 1.807) is 12.1 Å². The van der Waals surface area contributed by atoms with Crippen LogP contribution in [0.5, 0.6) is 0 Å². The molecule has 0 spiro atoms. The van der Waals surface area contributed by atoms with Gasteiger partial charge in [0.15, 0.2) is 0 Å². The minimum absolute atomic E-state index is 0.0285. The van der Waals surface area contributed by atoms with E-state index in [-0.39, 0.29) is 5.91 Å². The van der Waals surface area contributed by atoms with Crippen molar-refractivity contribution in [3.63, 3.8) is 0 Å². The second kappa shape index (κ2) is 9.51. The zero-order valence-electron chi connectivity index (χ0n) is 14.2. The van der Waals surface area contributed by atoms with Gasteiger partial charge in [-0.1, -0.05) is 29.3 Å². The van der Waals surface area contributed by atoms with Crippen molar-refractivity contribution in [3.05, 3.63) is 58.1 Å². The number of hydrogen-bond acceptors (Lipinski definition) is 4. The molecule has 0 aliphatic carbocycles. The van der Waals surface area contributed by atoms with Gasteiger partial charge in [0.1, 0.15) is 0 Å². The molecule has 0 unspecified atom stereocenters. The number of carbonyl (C=O) groups excluding carboxylic acids is 1. The lowest BCUT2D eigenvalue weighted by Crippen LogP contribution is -2.36. The first-order valence-corrected chi connectivity index (χ1v) is 10.3. The number of morpholine rings is 1. The summed E-state index contributed by atoms with van der Waals surface area (Å²) in [6.45, 7) is 3.31. The highest BCUT2D eigenvalue weighted by molar-refractivity contribution is 7.99. The van der Waals surface area contributed by atoms with Gasteiger partial charge in [0.05, 0.1) is 19.0 Å². The maximum absolute atomic E-state index is 12.1. The molecule has 0 bridgehead atoms. The van der Waals surface area contributed by atoms with Crippen LogP contribution in [0.1, 0.15) is 5.56 Å². The van der Waals surface area contributed by atoms with E-state index in [1.165, 1.54) is 11.8 Å². The quantitative estimate of drug-likeness (QED) is 0.748. The molecule has 1 amide bonds. The molecule has 0 aromatic heterocycles. The molecule has 1 N–H and O–H groups in total. The van der Waals surface area contributed by atoms with Gasteiger partial charge in [0.2, 0.25) is 5.91 Å². The predicted octanol–water partition coefficient (Wildman–Crippen LogP) is 4.70. The maximum atomic E-state index is 12.1. The smallest absolute Gasteiger partial charge is 0.234 e. The Kier molecular flexibility index (Phi) is 7.08. The van der Waals surface area contributed by atoms with E-state index in [9.17, 15) is 4.79 Å². The van der Waals surface area contributed by atoms with Gasteiger partial charge < -0.3 is 15.0 Å². The van der Waals surface area contributed by atoms with E-state index in [1.807, 2.05) is 30.3 Å². The Labute approximate surface area is 167 Å². The molecule has 1 fully saturated rings. The summed E-state index contributed by atoms with van der Waals surface area (Å²) < 4.78 is 5.36. The summed E-state index contributed by atoms with van der Waals surface area (Å²) in [5.41, 5.74) is 2.93. The van der Waals surface area contributed by atoms with Crippen LogP contribution in [0, 0.1) is 0 Å². The first kappa shape index (κ1) is 19.4. The molecule has 2 aromatic carbocycles. The third-order valence-electron chi connectivity index (χ3n) is 4.03. The Balaban J connectivity index is 1.45. The summed E-state index contributed by atoms with van der Waals surface area (Å²) in [4.78, 5) is 14.4. The van der Waals surface area contributed by atoms with E-state index >= 15 is 0 Å². The van der Waals surface area contributed by atoms with Crippen LogP contribution in [0.15, 0.2) is 42.5 Å². The average molecular weight is 411 g/mol. The van der Waals surface area contributed by atoms with Crippen molar-refractivity contribution in [1.29, 1.82) is 0 Å². The normalized spacial score (nSPS) is 14.3. The zero-order valence-corrected chi connectivity index (χ0v) is 16.5. The van der Waals surface area contributed by atoms with Crippen LogP contribution < -0.4 is 10.2 Å². The number of halogens is 2. The molecule has 3 rings (SSSR count). The molecule has 26 heavy (non-hydrogen) atoms. The fourth-order valence-corrected chi connectivity index (χ4v) is 4.05. The fraction of sp³-hybridized carbons (Fsp3) is 0.316. The molecule has 1 aliphatic heterocycles. The van der Waals surface area contributed by atoms with E-state index < -0.39 is 0 Å². The van der Waals surface area contributed by atoms with Crippen LogP contribution in [0.2, 0.25) is 10.0 Å². The summed E-state index contributed by atoms with van der Waals surface area (Å²) in [5.74, 6) is 1.00. The van der Waals surface area contributed by atoms with Gasteiger partial charge in [-0.25, -0.2) is 0 Å². The second-order valence-electron chi connectivity index (χ2n) is 5.92. The first-order chi connectivity index (χ1) is 12.6. The van der Waals surface area contributed by atoms with Gasteiger partial charge in [0, 0.05) is 40.3 Å². The van der Waals surface area contributed by atoms with Gasteiger partial charge in [-0.15, -0.1) is 11.8 Å². The topological polar surface area (TPSA) is 41.6 Å². The maximum Gasteiger partial charge on any atom is 0.234 e. The molecule has 1 saturated heterocycles. The first-order valence-electron chi connectivity index (χ1n) is 8.36. The Morgan fingerprint density at radius 3 is 2.54 bits per heavy atom. The number of thioether (sulfide) groups is 1. The molecule has 2 aromatic rings. The molecule has 1 heterocycles.